The Labute approximate surface area is 173 Å². The first kappa shape index (κ1) is 19.9. The van der Waals surface area contributed by atoms with E-state index in [1.165, 1.54) is 12.3 Å². The van der Waals surface area contributed by atoms with Crippen molar-refractivity contribution in [3.05, 3.63) is 57.3 Å². The minimum atomic E-state index is -0.411. The van der Waals surface area contributed by atoms with Gasteiger partial charge in [0.2, 0.25) is 5.91 Å². The smallest absolute Gasteiger partial charge is 0.346 e. The van der Waals surface area contributed by atoms with E-state index in [0.717, 1.165) is 38.0 Å². The highest BCUT2D eigenvalue weighted by atomic mass is 35.5. The third-order valence-electron chi connectivity index (χ3n) is 5.87. The van der Waals surface area contributed by atoms with Crippen LogP contribution >= 0.6 is 11.6 Å². The molecule has 2 aliphatic rings. The van der Waals surface area contributed by atoms with Crippen molar-refractivity contribution in [1.82, 2.24) is 15.3 Å². The summed E-state index contributed by atoms with van der Waals surface area (Å²) in [6.45, 7) is 1.70. The van der Waals surface area contributed by atoms with Gasteiger partial charge in [-0.05, 0) is 55.7 Å². The molecule has 4 rings (SSSR count). The van der Waals surface area contributed by atoms with Gasteiger partial charge in [0, 0.05) is 42.3 Å². The summed E-state index contributed by atoms with van der Waals surface area (Å²) in [5.74, 6) is 0.798. The van der Waals surface area contributed by atoms with Gasteiger partial charge in [-0.15, -0.1) is 0 Å². The number of amides is 1. The van der Waals surface area contributed by atoms with Gasteiger partial charge in [0.05, 0.1) is 0 Å². The van der Waals surface area contributed by atoms with Crippen molar-refractivity contribution >= 4 is 23.3 Å². The highest BCUT2D eigenvalue weighted by molar-refractivity contribution is 6.30. The number of carbonyl (C=O) groups excluding carboxylic acids is 1. The summed E-state index contributed by atoms with van der Waals surface area (Å²) in [5, 5.41) is 3.27. The second-order valence-corrected chi connectivity index (χ2v) is 8.36. The molecule has 2 fully saturated rings. The number of halogens is 2. The lowest BCUT2D eigenvalue weighted by Crippen LogP contribution is -2.45. The zero-order valence-corrected chi connectivity index (χ0v) is 16.8. The lowest BCUT2D eigenvalue weighted by Gasteiger charge is -2.37. The van der Waals surface area contributed by atoms with Crippen LogP contribution in [0, 0.1) is 23.6 Å². The number of piperidine rings is 1. The van der Waals surface area contributed by atoms with Gasteiger partial charge in [-0.1, -0.05) is 17.7 Å². The molecule has 1 aliphatic carbocycles. The van der Waals surface area contributed by atoms with Gasteiger partial charge in [0.15, 0.2) is 0 Å². The third-order valence-corrected chi connectivity index (χ3v) is 6.10. The molecule has 1 aromatic carbocycles. The molecule has 8 heteroatoms. The quantitative estimate of drug-likeness (QED) is 0.755. The molecule has 2 N–H and O–H groups in total. The maximum absolute atomic E-state index is 14.0. The first-order chi connectivity index (χ1) is 14.0. The zero-order chi connectivity index (χ0) is 20.4. The number of nitrogens with one attached hydrogen (secondary N) is 2. The Balaban J connectivity index is 1.44. The summed E-state index contributed by atoms with van der Waals surface area (Å²) in [4.78, 5) is 33.2. The number of hydrogen-bond acceptors (Lipinski definition) is 4. The van der Waals surface area contributed by atoms with E-state index < -0.39 is 5.82 Å². The Bertz CT molecular complexity index is 946. The minimum Gasteiger partial charge on any atom is -0.358 e. The lowest BCUT2D eigenvalue weighted by atomic mass is 9.81. The minimum absolute atomic E-state index is 0.0167. The van der Waals surface area contributed by atoms with E-state index in [1.54, 1.807) is 18.2 Å². The van der Waals surface area contributed by atoms with E-state index in [-0.39, 0.29) is 30.0 Å². The van der Waals surface area contributed by atoms with Crippen LogP contribution in [0.3, 0.4) is 0 Å². The van der Waals surface area contributed by atoms with Crippen LogP contribution in [0.4, 0.5) is 10.2 Å². The van der Waals surface area contributed by atoms with Crippen LogP contribution in [-0.2, 0) is 11.3 Å². The van der Waals surface area contributed by atoms with Gasteiger partial charge in [0.1, 0.15) is 11.6 Å². The second kappa shape index (κ2) is 8.53. The van der Waals surface area contributed by atoms with Gasteiger partial charge < -0.3 is 10.2 Å². The van der Waals surface area contributed by atoms with Crippen LogP contribution in [0.1, 0.15) is 31.2 Å². The van der Waals surface area contributed by atoms with Crippen LogP contribution in [-0.4, -0.2) is 29.0 Å². The summed E-state index contributed by atoms with van der Waals surface area (Å²) in [5.41, 5.74) is 0.0584. The Hall–Kier alpha value is -2.41. The van der Waals surface area contributed by atoms with Gasteiger partial charge in [0.25, 0.3) is 0 Å². The van der Waals surface area contributed by atoms with Crippen molar-refractivity contribution in [2.75, 3.05) is 18.0 Å². The Morgan fingerprint density at radius 3 is 2.86 bits per heavy atom. The number of aromatic nitrogens is 2. The molecule has 2 aromatic rings. The Morgan fingerprint density at radius 1 is 1.31 bits per heavy atom. The fraction of sp³-hybridized carbons (Fsp3) is 0.476. The van der Waals surface area contributed by atoms with Crippen molar-refractivity contribution in [1.29, 1.82) is 0 Å². The fourth-order valence-corrected chi connectivity index (χ4v) is 4.46. The fourth-order valence-electron chi connectivity index (χ4n) is 4.30. The van der Waals surface area contributed by atoms with Crippen molar-refractivity contribution in [2.24, 2.45) is 17.8 Å². The van der Waals surface area contributed by atoms with Crippen molar-refractivity contribution in [3.8, 4) is 0 Å². The van der Waals surface area contributed by atoms with E-state index >= 15 is 0 Å². The number of aromatic amines is 1. The second-order valence-electron chi connectivity index (χ2n) is 7.93. The van der Waals surface area contributed by atoms with Crippen molar-refractivity contribution < 1.29 is 9.18 Å². The molecule has 0 radical (unpaired) electrons. The van der Waals surface area contributed by atoms with Crippen molar-refractivity contribution in [2.45, 2.75) is 32.2 Å². The number of anilines is 1. The SMILES string of the molecule is O=C(NCc1ccc(Cl)cc1F)C(C1CC1)[C@@H]1CCCN(c2ccnc(=O)[nH]2)C1. The molecule has 2 heterocycles. The van der Waals surface area contributed by atoms with E-state index in [1.807, 2.05) is 0 Å². The number of rotatable bonds is 6. The van der Waals surface area contributed by atoms with Crippen molar-refractivity contribution in [3.63, 3.8) is 0 Å². The molecule has 6 nitrogen and oxygen atoms in total. The highest BCUT2D eigenvalue weighted by Crippen LogP contribution is 2.43. The number of nitrogens with zero attached hydrogens (tertiary/aromatic N) is 2. The number of H-pyrrole nitrogens is 1. The standard InChI is InChI=1S/C21H24ClFN4O2/c22-16-6-5-14(17(23)10-16)11-25-20(28)19(13-3-4-13)15-2-1-9-27(12-15)18-7-8-24-21(29)26-18/h5-8,10,13,15,19H,1-4,9,11-12H2,(H,25,28)(H,24,26,29)/t15-,19?/m1/s1. The summed E-state index contributed by atoms with van der Waals surface area (Å²) < 4.78 is 14.0. The molecule has 154 valence electrons. The summed E-state index contributed by atoms with van der Waals surface area (Å²) in [6, 6.07) is 6.28. The molecule has 29 heavy (non-hydrogen) atoms. The molecule has 2 atom stereocenters. The maximum Gasteiger partial charge on any atom is 0.346 e. The van der Waals surface area contributed by atoms with Crippen LogP contribution in [0.2, 0.25) is 5.02 Å². The Kier molecular flexibility index (Phi) is 5.85. The first-order valence-corrected chi connectivity index (χ1v) is 10.4. The topological polar surface area (TPSA) is 78.1 Å². The maximum atomic E-state index is 14.0. The molecule has 1 aromatic heterocycles. The lowest BCUT2D eigenvalue weighted by molar-refractivity contribution is -0.127. The normalized spacial score (nSPS) is 20.3. The first-order valence-electron chi connectivity index (χ1n) is 10.0. The van der Waals surface area contributed by atoms with E-state index in [2.05, 4.69) is 20.2 Å². The van der Waals surface area contributed by atoms with E-state index in [9.17, 15) is 14.0 Å². The summed E-state index contributed by atoms with van der Waals surface area (Å²) in [6.07, 6.45) is 5.53. The third kappa shape index (κ3) is 4.78. The zero-order valence-electron chi connectivity index (χ0n) is 16.0. The predicted molar refractivity (Wildman–Crippen MR) is 109 cm³/mol. The highest BCUT2D eigenvalue weighted by Gasteiger charge is 2.42. The predicted octanol–water partition coefficient (Wildman–Crippen LogP) is 3.12. The van der Waals surface area contributed by atoms with Gasteiger partial charge in [-0.2, -0.15) is 0 Å². The summed E-state index contributed by atoms with van der Waals surface area (Å²) >= 11 is 5.80. The number of carbonyl (C=O) groups is 1. The summed E-state index contributed by atoms with van der Waals surface area (Å²) in [7, 11) is 0. The van der Waals surface area contributed by atoms with Gasteiger partial charge in [-0.3, -0.25) is 9.78 Å². The molecular weight excluding hydrogens is 395 g/mol. The largest absolute Gasteiger partial charge is 0.358 e. The molecule has 0 spiro atoms. The van der Waals surface area contributed by atoms with Crippen LogP contribution in [0.15, 0.2) is 35.3 Å². The van der Waals surface area contributed by atoms with E-state index in [4.69, 9.17) is 11.6 Å². The number of benzene rings is 1. The van der Waals surface area contributed by atoms with Gasteiger partial charge in [-0.25, -0.2) is 14.2 Å². The molecule has 0 bridgehead atoms. The molecule has 1 unspecified atom stereocenters. The number of hydrogen-bond donors (Lipinski definition) is 2. The van der Waals surface area contributed by atoms with Crippen LogP contribution in [0.5, 0.6) is 0 Å². The van der Waals surface area contributed by atoms with E-state index in [0.29, 0.717) is 23.0 Å². The van der Waals surface area contributed by atoms with Gasteiger partial charge >= 0.3 is 5.69 Å². The van der Waals surface area contributed by atoms with Crippen LogP contribution < -0.4 is 15.9 Å². The molecular formula is C21H24ClFN4O2. The molecule has 1 saturated carbocycles. The molecule has 1 saturated heterocycles. The molecule has 1 aliphatic heterocycles. The Morgan fingerprint density at radius 2 is 2.14 bits per heavy atom. The monoisotopic (exact) mass is 418 g/mol. The van der Waals surface area contributed by atoms with Crippen LogP contribution in [0.25, 0.3) is 0 Å². The average molecular weight is 419 g/mol. The average Bonchev–Trinajstić information content (AvgIpc) is 3.53. The molecule has 1 amide bonds.